The van der Waals surface area contributed by atoms with E-state index >= 15 is 0 Å². The third-order valence-corrected chi connectivity index (χ3v) is 4.23. The number of nitrogens with zero attached hydrogens (tertiary/aromatic N) is 1. The van der Waals surface area contributed by atoms with E-state index in [1.165, 1.54) is 38.0 Å². The number of aliphatic hydroxyl groups excluding tert-OH is 1. The maximum absolute atomic E-state index is 8.94. The van der Waals surface area contributed by atoms with Crippen molar-refractivity contribution in [1.29, 1.82) is 0 Å². The molecule has 112 valence electrons. The van der Waals surface area contributed by atoms with Crippen LogP contribution in [-0.2, 0) is 6.42 Å². The van der Waals surface area contributed by atoms with Gasteiger partial charge in [-0.15, -0.1) is 0 Å². The van der Waals surface area contributed by atoms with Crippen molar-refractivity contribution in [1.82, 2.24) is 10.2 Å². The first-order valence-corrected chi connectivity index (χ1v) is 7.91. The minimum atomic E-state index is 0.282. The van der Waals surface area contributed by atoms with E-state index in [1.807, 2.05) is 0 Å². The van der Waals surface area contributed by atoms with Gasteiger partial charge in [0.05, 0.1) is 0 Å². The Kier molecular flexibility index (Phi) is 6.51. The lowest BCUT2D eigenvalue weighted by Gasteiger charge is -2.34. The largest absolute Gasteiger partial charge is 0.396 e. The quantitative estimate of drug-likeness (QED) is 0.800. The van der Waals surface area contributed by atoms with E-state index in [4.69, 9.17) is 5.11 Å². The monoisotopic (exact) mass is 276 g/mol. The van der Waals surface area contributed by atoms with E-state index in [-0.39, 0.29) is 6.61 Å². The van der Waals surface area contributed by atoms with E-state index in [9.17, 15) is 0 Å². The zero-order chi connectivity index (χ0) is 14.2. The smallest absolute Gasteiger partial charge is 0.0445 e. The highest BCUT2D eigenvalue weighted by atomic mass is 16.3. The van der Waals surface area contributed by atoms with Gasteiger partial charge in [0.2, 0.25) is 0 Å². The van der Waals surface area contributed by atoms with E-state index in [2.05, 4.69) is 47.5 Å². The molecule has 1 saturated heterocycles. The second kappa shape index (κ2) is 8.40. The fraction of sp³-hybridized carbons (Fsp3) is 0.647. The van der Waals surface area contributed by atoms with Crippen molar-refractivity contribution in [3.63, 3.8) is 0 Å². The third kappa shape index (κ3) is 5.23. The normalized spacial score (nSPS) is 19.1. The molecule has 1 aliphatic rings. The number of likely N-dealkylation sites (tertiary alicyclic amines) is 1. The molecule has 1 aromatic carbocycles. The Balaban J connectivity index is 1.64. The zero-order valence-corrected chi connectivity index (χ0v) is 12.6. The maximum atomic E-state index is 8.94. The van der Waals surface area contributed by atoms with Crippen LogP contribution in [0.1, 0.15) is 31.7 Å². The van der Waals surface area contributed by atoms with Crippen LogP contribution in [-0.4, -0.2) is 48.3 Å². The van der Waals surface area contributed by atoms with Gasteiger partial charge >= 0.3 is 0 Å². The summed E-state index contributed by atoms with van der Waals surface area (Å²) in [4.78, 5) is 2.57. The van der Waals surface area contributed by atoms with Crippen molar-refractivity contribution in [3.05, 3.63) is 35.9 Å². The number of piperidine rings is 1. The lowest BCUT2D eigenvalue weighted by molar-refractivity contribution is 0.187. The molecule has 1 fully saturated rings. The van der Waals surface area contributed by atoms with Gasteiger partial charge < -0.3 is 15.3 Å². The molecule has 2 rings (SSSR count). The number of nitrogens with one attached hydrogen (secondary N) is 1. The van der Waals surface area contributed by atoms with Gasteiger partial charge in [0.25, 0.3) is 0 Å². The van der Waals surface area contributed by atoms with E-state index in [0.29, 0.717) is 12.1 Å². The number of hydrogen-bond acceptors (Lipinski definition) is 3. The molecular formula is C17H28N2O. The summed E-state index contributed by atoms with van der Waals surface area (Å²) < 4.78 is 0. The maximum Gasteiger partial charge on any atom is 0.0445 e. The average Bonchev–Trinajstić information content (AvgIpc) is 2.48. The molecule has 0 aliphatic carbocycles. The van der Waals surface area contributed by atoms with E-state index in [0.717, 1.165) is 12.8 Å². The minimum absolute atomic E-state index is 0.282. The molecule has 1 aliphatic heterocycles. The second-order valence-corrected chi connectivity index (χ2v) is 5.93. The second-order valence-electron chi connectivity index (χ2n) is 5.93. The Morgan fingerprint density at radius 1 is 1.25 bits per heavy atom. The molecule has 0 spiro atoms. The molecule has 0 aromatic heterocycles. The highest BCUT2D eigenvalue weighted by Crippen LogP contribution is 2.12. The lowest BCUT2D eigenvalue weighted by Crippen LogP contribution is -2.46. The number of rotatable bonds is 7. The number of benzene rings is 1. The molecule has 1 atom stereocenters. The van der Waals surface area contributed by atoms with Gasteiger partial charge in [-0.05, 0) is 51.3 Å². The number of aliphatic hydroxyl groups is 1. The molecule has 0 saturated carbocycles. The molecule has 20 heavy (non-hydrogen) atoms. The van der Waals surface area contributed by atoms with Crippen molar-refractivity contribution in [2.75, 3.05) is 26.2 Å². The average molecular weight is 276 g/mol. The van der Waals surface area contributed by atoms with Crippen molar-refractivity contribution in [2.24, 2.45) is 0 Å². The molecule has 1 heterocycles. The first kappa shape index (κ1) is 15.5. The molecule has 0 amide bonds. The summed E-state index contributed by atoms with van der Waals surface area (Å²) >= 11 is 0. The van der Waals surface area contributed by atoms with E-state index in [1.54, 1.807) is 0 Å². The Morgan fingerprint density at radius 2 is 1.95 bits per heavy atom. The van der Waals surface area contributed by atoms with Crippen molar-refractivity contribution < 1.29 is 5.11 Å². The first-order chi connectivity index (χ1) is 9.78. The highest BCUT2D eigenvalue weighted by Gasteiger charge is 2.19. The Bertz CT molecular complexity index is 361. The Labute approximate surface area is 123 Å². The van der Waals surface area contributed by atoms with E-state index < -0.39 is 0 Å². The molecular weight excluding hydrogens is 248 g/mol. The minimum Gasteiger partial charge on any atom is -0.396 e. The Hall–Kier alpha value is -0.900. The zero-order valence-electron chi connectivity index (χ0n) is 12.6. The predicted octanol–water partition coefficient (Wildman–Crippen LogP) is 2.05. The van der Waals surface area contributed by atoms with Gasteiger partial charge in [0.15, 0.2) is 0 Å². The molecule has 3 heteroatoms. The summed E-state index contributed by atoms with van der Waals surface area (Å²) in [6.07, 6.45) is 4.46. The molecule has 2 N–H and O–H groups in total. The molecule has 0 radical (unpaired) electrons. The summed E-state index contributed by atoms with van der Waals surface area (Å²) in [5.74, 6) is 0. The van der Waals surface area contributed by atoms with Crippen LogP contribution < -0.4 is 5.32 Å². The van der Waals surface area contributed by atoms with Crippen molar-refractivity contribution >= 4 is 0 Å². The molecule has 1 unspecified atom stereocenters. The van der Waals surface area contributed by atoms with Crippen LogP contribution in [0, 0.1) is 0 Å². The van der Waals surface area contributed by atoms with Crippen LogP contribution in [0.2, 0.25) is 0 Å². The lowest BCUT2D eigenvalue weighted by atomic mass is 10.0. The van der Waals surface area contributed by atoms with Gasteiger partial charge in [-0.25, -0.2) is 0 Å². The standard InChI is InChI=1S/C17H28N2O/c1-15(10-14-20)18-17-8-12-19(13-9-17)11-7-16-5-3-2-4-6-16/h2-6,15,17-18,20H,7-14H2,1H3. The van der Waals surface area contributed by atoms with Crippen LogP contribution in [0.25, 0.3) is 0 Å². The van der Waals surface area contributed by atoms with Gasteiger partial charge in [-0.3, -0.25) is 0 Å². The fourth-order valence-electron chi connectivity index (χ4n) is 2.93. The van der Waals surface area contributed by atoms with Crippen LogP contribution in [0.15, 0.2) is 30.3 Å². The first-order valence-electron chi connectivity index (χ1n) is 7.91. The molecule has 0 bridgehead atoms. The van der Waals surface area contributed by atoms with Crippen LogP contribution in [0.5, 0.6) is 0 Å². The van der Waals surface area contributed by atoms with Crippen LogP contribution in [0.4, 0.5) is 0 Å². The summed E-state index contributed by atoms with van der Waals surface area (Å²) in [6, 6.07) is 11.8. The Morgan fingerprint density at radius 3 is 2.60 bits per heavy atom. The summed E-state index contributed by atoms with van der Waals surface area (Å²) in [7, 11) is 0. The van der Waals surface area contributed by atoms with Gasteiger partial charge in [-0.2, -0.15) is 0 Å². The molecule has 1 aromatic rings. The van der Waals surface area contributed by atoms with Gasteiger partial charge in [-0.1, -0.05) is 30.3 Å². The SMILES string of the molecule is CC(CCO)NC1CCN(CCc2ccccc2)CC1. The van der Waals surface area contributed by atoms with Gasteiger partial charge in [0, 0.05) is 25.2 Å². The topological polar surface area (TPSA) is 35.5 Å². The third-order valence-electron chi connectivity index (χ3n) is 4.23. The summed E-state index contributed by atoms with van der Waals surface area (Å²) in [6.45, 7) is 6.00. The molecule has 3 nitrogen and oxygen atoms in total. The van der Waals surface area contributed by atoms with Crippen molar-refractivity contribution in [2.45, 2.75) is 44.7 Å². The predicted molar refractivity (Wildman–Crippen MR) is 83.9 cm³/mol. The van der Waals surface area contributed by atoms with Gasteiger partial charge in [0.1, 0.15) is 0 Å². The van der Waals surface area contributed by atoms with Crippen LogP contribution in [0.3, 0.4) is 0 Å². The van der Waals surface area contributed by atoms with Crippen LogP contribution >= 0.6 is 0 Å². The van der Waals surface area contributed by atoms with Crippen molar-refractivity contribution in [3.8, 4) is 0 Å². The fourth-order valence-corrected chi connectivity index (χ4v) is 2.93. The highest BCUT2D eigenvalue weighted by molar-refractivity contribution is 5.14. The number of hydrogen-bond donors (Lipinski definition) is 2. The summed E-state index contributed by atoms with van der Waals surface area (Å²) in [5.41, 5.74) is 1.43. The summed E-state index contributed by atoms with van der Waals surface area (Å²) in [5, 5.41) is 12.6.